The summed E-state index contributed by atoms with van der Waals surface area (Å²) in [4.78, 5) is 13.8. The second-order valence-corrected chi connectivity index (χ2v) is 2.88. The van der Waals surface area contributed by atoms with Crippen LogP contribution in [0.4, 0.5) is 0 Å². The molecule has 6 heteroatoms. The summed E-state index contributed by atoms with van der Waals surface area (Å²) >= 11 is 0. The van der Waals surface area contributed by atoms with Crippen LogP contribution in [0.15, 0.2) is 0 Å². The molecule has 82 valence electrons. The molecule has 0 aromatic carbocycles. The molecule has 0 amide bonds. The minimum absolute atomic E-state index is 0.176. The summed E-state index contributed by atoms with van der Waals surface area (Å²) in [6.07, 6.45) is 1.27. The standard InChI is InChI=1S/C8H18N4O2/c1-2-14-7(13)6(9)4-3-5-12-8(10)11/h6H,2-5,9H2,1H3,(H4,10,11,12)/p+1. The first-order chi connectivity index (χ1) is 6.57. The van der Waals surface area contributed by atoms with E-state index in [0.717, 1.165) is 6.42 Å². The zero-order valence-corrected chi connectivity index (χ0v) is 8.45. The number of carbonyl (C=O) groups is 1. The van der Waals surface area contributed by atoms with Gasteiger partial charge in [0.1, 0.15) is 6.04 Å². The van der Waals surface area contributed by atoms with Gasteiger partial charge in [-0.25, -0.2) is 0 Å². The van der Waals surface area contributed by atoms with Gasteiger partial charge in [-0.2, -0.15) is 0 Å². The van der Waals surface area contributed by atoms with Crippen LogP contribution in [0.5, 0.6) is 0 Å². The maximum absolute atomic E-state index is 11.0. The van der Waals surface area contributed by atoms with Crippen molar-refractivity contribution in [2.75, 3.05) is 13.2 Å². The van der Waals surface area contributed by atoms with Gasteiger partial charge in [0.15, 0.2) is 0 Å². The molecule has 0 spiro atoms. The van der Waals surface area contributed by atoms with Crippen molar-refractivity contribution in [1.82, 2.24) is 0 Å². The Bertz CT molecular complexity index is 202. The van der Waals surface area contributed by atoms with Crippen molar-refractivity contribution in [3.8, 4) is 0 Å². The van der Waals surface area contributed by atoms with Gasteiger partial charge in [-0.15, -0.1) is 0 Å². The molecule has 0 aromatic heterocycles. The van der Waals surface area contributed by atoms with Crippen LogP contribution in [0, 0.1) is 0 Å². The summed E-state index contributed by atoms with van der Waals surface area (Å²) in [5.74, 6) is -0.188. The lowest BCUT2D eigenvalue weighted by molar-refractivity contribution is -0.459. The Morgan fingerprint density at radius 1 is 1.50 bits per heavy atom. The minimum Gasteiger partial charge on any atom is -0.465 e. The highest BCUT2D eigenvalue weighted by Gasteiger charge is 2.13. The van der Waals surface area contributed by atoms with Gasteiger partial charge in [0.05, 0.1) is 13.2 Å². The van der Waals surface area contributed by atoms with Gasteiger partial charge in [-0.1, -0.05) is 0 Å². The van der Waals surface area contributed by atoms with E-state index in [-0.39, 0.29) is 11.9 Å². The van der Waals surface area contributed by atoms with Crippen molar-refractivity contribution in [3.05, 3.63) is 0 Å². The zero-order valence-electron chi connectivity index (χ0n) is 8.45. The zero-order chi connectivity index (χ0) is 11.0. The molecule has 0 aromatic rings. The third kappa shape index (κ3) is 6.24. The summed E-state index contributed by atoms with van der Waals surface area (Å²) in [7, 11) is 0. The Labute approximate surface area is 83.5 Å². The van der Waals surface area contributed by atoms with Crippen LogP contribution in [0.1, 0.15) is 19.8 Å². The molecule has 0 fully saturated rings. The largest absolute Gasteiger partial charge is 0.465 e. The normalized spacial score (nSPS) is 11.9. The van der Waals surface area contributed by atoms with Crippen LogP contribution in [0.3, 0.4) is 0 Å². The number of hydrogen-bond acceptors (Lipinski definition) is 3. The topological polar surface area (TPSA) is 118 Å². The highest BCUT2D eigenvalue weighted by Crippen LogP contribution is 1.94. The molecule has 0 aliphatic rings. The van der Waals surface area contributed by atoms with Crippen LogP contribution in [0.25, 0.3) is 0 Å². The Balaban J connectivity index is 3.58. The maximum atomic E-state index is 11.0. The van der Waals surface area contributed by atoms with Crippen LogP contribution in [0.2, 0.25) is 0 Å². The van der Waals surface area contributed by atoms with Crippen LogP contribution in [-0.2, 0) is 9.53 Å². The van der Waals surface area contributed by atoms with Crippen molar-refractivity contribution in [3.63, 3.8) is 0 Å². The van der Waals surface area contributed by atoms with E-state index in [4.69, 9.17) is 21.9 Å². The predicted octanol–water partition coefficient (Wildman–Crippen LogP) is -2.99. The second kappa shape index (κ2) is 7.14. The fourth-order valence-electron chi connectivity index (χ4n) is 0.922. The summed E-state index contributed by atoms with van der Waals surface area (Å²) in [6, 6.07) is -0.559. The SMILES string of the molecule is CCOC(=O)C(N)CCC[NH+]=C(N)N. The highest BCUT2D eigenvalue weighted by atomic mass is 16.5. The van der Waals surface area contributed by atoms with E-state index < -0.39 is 6.04 Å². The fourth-order valence-corrected chi connectivity index (χ4v) is 0.922. The molecular formula is C8H19N4O2+. The first-order valence-corrected chi connectivity index (χ1v) is 4.62. The minimum atomic E-state index is -0.559. The third-order valence-electron chi connectivity index (χ3n) is 1.61. The Morgan fingerprint density at radius 3 is 2.64 bits per heavy atom. The Kier molecular flexibility index (Phi) is 6.47. The van der Waals surface area contributed by atoms with Crippen LogP contribution >= 0.6 is 0 Å². The number of nitrogens with two attached hydrogens (primary N) is 3. The number of esters is 1. The molecule has 1 unspecified atom stereocenters. The Morgan fingerprint density at radius 2 is 2.14 bits per heavy atom. The lowest BCUT2D eigenvalue weighted by atomic mass is 10.2. The summed E-state index contributed by atoms with van der Waals surface area (Å²) in [5.41, 5.74) is 15.9. The summed E-state index contributed by atoms with van der Waals surface area (Å²) in [5, 5.41) is 0. The maximum Gasteiger partial charge on any atom is 0.338 e. The smallest absolute Gasteiger partial charge is 0.338 e. The van der Waals surface area contributed by atoms with Gasteiger partial charge < -0.3 is 10.5 Å². The van der Waals surface area contributed by atoms with Crippen molar-refractivity contribution >= 4 is 11.9 Å². The van der Waals surface area contributed by atoms with E-state index in [0.29, 0.717) is 19.6 Å². The van der Waals surface area contributed by atoms with Gasteiger partial charge in [0.2, 0.25) is 0 Å². The molecule has 0 heterocycles. The number of guanidine groups is 1. The molecule has 0 bridgehead atoms. The number of nitrogens with one attached hydrogen (secondary N) is 1. The molecule has 0 radical (unpaired) electrons. The number of hydrogen-bond donors (Lipinski definition) is 4. The van der Waals surface area contributed by atoms with E-state index in [9.17, 15) is 4.79 Å². The van der Waals surface area contributed by atoms with Gasteiger partial charge in [0.25, 0.3) is 0 Å². The lowest BCUT2D eigenvalue weighted by Crippen LogP contribution is -2.78. The first-order valence-electron chi connectivity index (χ1n) is 4.62. The highest BCUT2D eigenvalue weighted by molar-refractivity contribution is 5.75. The van der Waals surface area contributed by atoms with Crippen molar-refractivity contribution < 1.29 is 14.5 Å². The molecule has 6 nitrogen and oxygen atoms in total. The van der Waals surface area contributed by atoms with Gasteiger partial charge in [-0.05, 0) is 19.8 Å². The molecule has 0 rings (SSSR count). The number of ether oxygens (including phenoxy) is 1. The van der Waals surface area contributed by atoms with Gasteiger partial charge in [-0.3, -0.25) is 21.3 Å². The monoisotopic (exact) mass is 203 g/mol. The second-order valence-electron chi connectivity index (χ2n) is 2.88. The third-order valence-corrected chi connectivity index (χ3v) is 1.61. The number of carbonyl (C=O) groups excluding carboxylic acids is 1. The molecular weight excluding hydrogens is 184 g/mol. The predicted molar refractivity (Wildman–Crippen MR) is 53.1 cm³/mol. The van der Waals surface area contributed by atoms with Gasteiger partial charge >= 0.3 is 11.9 Å². The average molecular weight is 203 g/mol. The van der Waals surface area contributed by atoms with E-state index in [1.54, 1.807) is 6.92 Å². The molecule has 0 aliphatic carbocycles. The van der Waals surface area contributed by atoms with Crippen molar-refractivity contribution in [1.29, 1.82) is 0 Å². The first kappa shape index (κ1) is 12.7. The molecule has 1 atom stereocenters. The van der Waals surface area contributed by atoms with E-state index in [1.165, 1.54) is 0 Å². The van der Waals surface area contributed by atoms with Gasteiger partial charge in [0, 0.05) is 0 Å². The molecule has 14 heavy (non-hydrogen) atoms. The quantitative estimate of drug-likeness (QED) is 0.159. The summed E-state index contributed by atoms with van der Waals surface area (Å²) in [6.45, 7) is 2.71. The van der Waals surface area contributed by atoms with E-state index in [1.807, 2.05) is 0 Å². The average Bonchev–Trinajstić information content (AvgIpc) is 2.12. The van der Waals surface area contributed by atoms with Crippen LogP contribution in [-0.4, -0.2) is 31.1 Å². The molecule has 0 saturated heterocycles. The number of rotatable bonds is 6. The van der Waals surface area contributed by atoms with E-state index >= 15 is 0 Å². The molecule has 7 N–H and O–H groups in total. The molecule has 0 aliphatic heterocycles. The fraction of sp³-hybridized carbons (Fsp3) is 0.750. The van der Waals surface area contributed by atoms with E-state index in [2.05, 4.69) is 4.99 Å². The lowest BCUT2D eigenvalue weighted by Gasteiger charge is -2.08. The van der Waals surface area contributed by atoms with Crippen LogP contribution < -0.4 is 22.2 Å². The van der Waals surface area contributed by atoms with Crippen molar-refractivity contribution in [2.24, 2.45) is 17.2 Å². The summed E-state index contributed by atoms with van der Waals surface area (Å²) < 4.78 is 4.74. The van der Waals surface area contributed by atoms with Crippen molar-refractivity contribution in [2.45, 2.75) is 25.8 Å². The molecule has 0 saturated carbocycles. The Hall–Kier alpha value is -1.30.